The average molecular weight is 344 g/mol. The number of halogens is 1. The Kier molecular flexibility index (Phi) is 5.52. The average Bonchev–Trinajstić information content (AvgIpc) is 2.97. The highest BCUT2D eigenvalue weighted by atomic mass is 35.5. The van der Waals surface area contributed by atoms with E-state index in [1.54, 1.807) is 11.3 Å². The number of carbonyl (C=O) groups excluding carboxylic acids is 1. The van der Waals surface area contributed by atoms with Crippen LogP contribution in [0.25, 0.3) is 0 Å². The molecule has 2 atom stereocenters. The highest BCUT2D eigenvalue weighted by molar-refractivity contribution is 7.98. The second-order valence-corrected chi connectivity index (χ2v) is 8.58. The lowest BCUT2D eigenvalue weighted by Gasteiger charge is -2.30. The van der Waals surface area contributed by atoms with Crippen LogP contribution in [0.4, 0.5) is 0 Å². The van der Waals surface area contributed by atoms with E-state index in [1.165, 1.54) is 41.9 Å². The Hall–Kier alpha value is -0.190. The van der Waals surface area contributed by atoms with Crippen molar-refractivity contribution in [3.05, 3.63) is 21.4 Å². The number of nitrogens with one attached hydrogen (secondary N) is 1. The number of carbonyl (C=O) groups is 1. The van der Waals surface area contributed by atoms with Gasteiger partial charge in [0, 0.05) is 23.1 Å². The first-order valence-corrected chi connectivity index (χ1v) is 10.3. The number of rotatable bonds is 4. The summed E-state index contributed by atoms with van der Waals surface area (Å²) in [6.45, 7) is 0.785. The van der Waals surface area contributed by atoms with E-state index in [9.17, 15) is 4.79 Å². The first-order valence-electron chi connectivity index (χ1n) is 7.81. The van der Waals surface area contributed by atoms with E-state index < -0.39 is 0 Å². The molecule has 116 valence electrons. The smallest absolute Gasteiger partial charge is 0.261 e. The molecule has 0 saturated heterocycles. The minimum absolute atomic E-state index is 0.110. The molecular formula is C16H22ClNOS2. The summed E-state index contributed by atoms with van der Waals surface area (Å²) in [7, 11) is 0. The number of fused-ring (bicyclic) bond motifs is 1. The van der Waals surface area contributed by atoms with Gasteiger partial charge >= 0.3 is 0 Å². The highest BCUT2D eigenvalue weighted by Crippen LogP contribution is 2.32. The van der Waals surface area contributed by atoms with Crippen LogP contribution < -0.4 is 5.32 Å². The number of thioether (sulfide) groups is 1. The molecule has 1 aromatic rings. The van der Waals surface area contributed by atoms with E-state index in [2.05, 4.69) is 11.4 Å². The third-order valence-corrected chi connectivity index (χ3v) is 7.28. The monoisotopic (exact) mass is 343 g/mol. The molecule has 0 bridgehead atoms. The predicted octanol–water partition coefficient (Wildman–Crippen LogP) is 4.31. The van der Waals surface area contributed by atoms with Crippen molar-refractivity contribution >= 4 is 40.6 Å². The van der Waals surface area contributed by atoms with Gasteiger partial charge in [0.25, 0.3) is 5.91 Å². The van der Waals surface area contributed by atoms with Crippen LogP contribution in [0, 0.1) is 11.8 Å². The summed E-state index contributed by atoms with van der Waals surface area (Å²) in [6, 6.07) is 2.10. The third-order valence-electron chi connectivity index (χ3n) is 4.64. The number of thiophene rings is 1. The van der Waals surface area contributed by atoms with Crippen LogP contribution in [0.3, 0.4) is 0 Å². The van der Waals surface area contributed by atoms with Crippen molar-refractivity contribution < 1.29 is 4.79 Å². The Morgan fingerprint density at radius 3 is 2.90 bits per heavy atom. The minimum atomic E-state index is 0.110. The Morgan fingerprint density at radius 2 is 2.14 bits per heavy atom. The van der Waals surface area contributed by atoms with Gasteiger partial charge in [0.05, 0.1) is 4.88 Å². The fourth-order valence-corrected chi connectivity index (χ4v) is 6.02. The lowest BCUT2D eigenvalue weighted by atomic mass is 9.80. The van der Waals surface area contributed by atoms with E-state index in [-0.39, 0.29) is 5.91 Å². The largest absolute Gasteiger partial charge is 0.351 e. The zero-order valence-electron chi connectivity index (χ0n) is 12.2. The Labute approximate surface area is 140 Å². The normalized spacial score (nSPS) is 25.4. The van der Waals surface area contributed by atoms with E-state index in [0.717, 1.165) is 29.5 Å². The van der Waals surface area contributed by atoms with Crippen LogP contribution in [0.2, 0.25) is 0 Å². The van der Waals surface area contributed by atoms with Crippen molar-refractivity contribution in [3.8, 4) is 0 Å². The summed E-state index contributed by atoms with van der Waals surface area (Å²) < 4.78 is 0. The molecule has 21 heavy (non-hydrogen) atoms. The Bertz CT molecular complexity index is 479. The first kappa shape index (κ1) is 15.7. The fraction of sp³-hybridized carbons (Fsp3) is 0.688. The van der Waals surface area contributed by atoms with Gasteiger partial charge in [0.15, 0.2) is 0 Å². The molecule has 0 radical (unpaired) electrons. The molecule has 2 heterocycles. The number of hydrogen-bond donors (Lipinski definition) is 1. The lowest BCUT2D eigenvalue weighted by molar-refractivity contribution is 0.0940. The highest BCUT2D eigenvalue weighted by Gasteiger charge is 2.25. The summed E-state index contributed by atoms with van der Waals surface area (Å²) >= 11 is 9.71. The van der Waals surface area contributed by atoms with Crippen molar-refractivity contribution in [1.29, 1.82) is 0 Å². The zero-order valence-corrected chi connectivity index (χ0v) is 14.6. The van der Waals surface area contributed by atoms with Crippen LogP contribution in [-0.2, 0) is 12.2 Å². The maximum atomic E-state index is 12.4. The van der Waals surface area contributed by atoms with E-state index in [1.807, 2.05) is 11.8 Å². The van der Waals surface area contributed by atoms with Gasteiger partial charge in [0.1, 0.15) is 0 Å². The second-order valence-electron chi connectivity index (χ2n) is 6.03. The maximum absolute atomic E-state index is 12.4. The molecule has 1 saturated carbocycles. The van der Waals surface area contributed by atoms with Gasteiger partial charge in [-0.2, -0.15) is 11.8 Å². The summed E-state index contributed by atoms with van der Waals surface area (Å²) in [4.78, 5) is 14.7. The van der Waals surface area contributed by atoms with Crippen molar-refractivity contribution in [2.45, 2.75) is 37.9 Å². The van der Waals surface area contributed by atoms with Gasteiger partial charge in [-0.15, -0.1) is 22.9 Å². The van der Waals surface area contributed by atoms with E-state index in [4.69, 9.17) is 11.6 Å². The van der Waals surface area contributed by atoms with Crippen LogP contribution in [0.1, 0.15) is 45.8 Å². The topological polar surface area (TPSA) is 29.1 Å². The summed E-state index contributed by atoms with van der Waals surface area (Å²) in [5.41, 5.74) is 1.37. The number of alkyl halides is 1. The molecule has 1 amide bonds. The van der Waals surface area contributed by atoms with Crippen LogP contribution in [0.15, 0.2) is 6.07 Å². The molecular weight excluding hydrogens is 322 g/mol. The first-order chi connectivity index (χ1) is 10.3. The number of amides is 1. The standard InChI is InChI=1S/C16H22ClNOS2/c17-8-11-3-1-2-4-12(11)9-18-16(19)15-7-13-10-20-6-5-14(13)21-15/h7,11-12H,1-6,8-10H2,(H,18,19). The van der Waals surface area contributed by atoms with Crippen molar-refractivity contribution in [3.63, 3.8) is 0 Å². The molecule has 0 aromatic carbocycles. The van der Waals surface area contributed by atoms with Gasteiger partial charge in [-0.25, -0.2) is 0 Å². The number of hydrogen-bond acceptors (Lipinski definition) is 3. The molecule has 1 aromatic heterocycles. The lowest BCUT2D eigenvalue weighted by Crippen LogP contribution is -2.34. The maximum Gasteiger partial charge on any atom is 0.261 e. The van der Waals surface area contributed by atoms with Gasteiger partial charge in [-0.1, -0.05) is 12.8 Å². The molecule has 1 aliphatic heterocycles. The predicted molar refractivity (Wildman–Crippen MR) is 92.7 cm³/mol. The molecule has 1 N–H and O–H groups in total. The van der Waals surface area contributed by atoms with Gasteiger partial charge in [-0.3, -0.25) is 4.79 Å². The second kappa shape index (κ2) is 7.38. The fourth-order valence-electron chi connectivity index (χ4n) is 3.33. The molecule has 5 heteroatoms. The van der Waals surface area contributed by atoms with Crippen LogP contribution in [0.5, 0.6) is 0 Å². The molecule has 1 fully saturated rings. The van der Waals surface area contributed by atoms with Gasteiger partial charge < -0.3 is 5.32 Å². The van der Waals surface area contributed by atoms with E-state index >= 15 is 0 Å². The summed E-state index contributed by atoms with van der Waals surface area (Å²) in [5, 5.41) is 3.15. The van der Waals surface area contributed by atoms with Crippen LogP contribution in [-0.4, -0.2) is 24.1 Å². The quantitative estimate of drug-likeness (QED) is 0.825. The van der Waals surface area contributed by atoms with Gasteiger partial charge in [0.2, 0.25) is 0 Å². The van der Waals surface area contributed by atoms with Crippen molar-refractivity contribution in [2.75, 3.05) is 18.2 Å². The molecule has 3 rings (SSSR count). The van der Waals surface area contributed by atoms with Crippen LogP contribution >= 0.6 is 34.7 Å². The summed E-state index contributed by atoms with van der Waals surface area (Å²) in [6.07, 6.45) is 6.11. The molecule has 2 aliphatic rings. The molecule has 2 nitrogen and oxygen atoms in total. The molecule has 1 aliphatic carbocycles. The van der Waals surface area contributed by atoms with E-state index in [0.29, 0.717) is 11.8 Å². The Balaban J connectivity index is 1.57. The van der Waals surface area contributed by atoms with Crippen molar-refractivity contribution in [1.82, 2.24) is 5.32 Å². The molecule has 0 spiro atoms. The Morgan fingerprint density at radius 1 is 1.33 bits per heavy atom. The van der Waals surface area contributed by atoms with Gasteiger partial charge in [-0.05, 0) is 48.5 Å². The van der Waals surface area contributed by atoms with Crippen molar-refractivity contribution in [2.24, 2.45) is 11.8 Å². The number of aryl methyl sites for hydroxylation is 1. The minimum Gasteiger partial charge on any atom is -0.351 e. The zero-order chi connectivity index (χ0) is 14.7. The summed E-state index contributed by atoms with van der Waals surface area (Å²) in [5.74, 6) is 4.23. The SMILES string of the molecule is O=C(NCC1CCCCC1CCl)c1cc2c(s1)CCSC2. The third kappa shape index (κ3) is 3.77. The molecule has 2 unspecified atom stereocenters.